The molecule has 1 atom stereocenters. The van der Waals surface area contributed by atoms with Crippen molar-refractivity contribution in [1.29, 1.82) is 0 Å². The van der Waals surface area contributed by atoms with Gasteiger partial charge in [0, 0.05) is 43.9 Å². The summed E-state index contributed by atoms with van der Waals surface area (Å²) in [7, 11) is 0.753. The van der Waals surface area contributed by atoms with Crippen molar-refractivity contribution in [2.75, 3.05) is 18.0 Å². The number of pyridine rings is 1. The third-order valence-electron chi connectivity index (χ3n) is 7.82. The second kappa shape index (κ2) is 15.0. The van der Waals surface area contributed by atoms with Gasteiger partial charge in [0.2, 0.25) is 0 Å². The number of amides is 1. The lowest BCUT2D eigenvalue weighted by atomic mass is 9.97. The summed E-state index contributed by atoms with van der Waals surface area (Å²) in [5, 5.41) is 9.41. The quantitative estimate of drug-likeness (QED) is 0.218. The molecular formula is C32H33F8N3O4. The molecule has 1 saturated heterocycles. The standard InChI is InChI=1S/C31H31F8N3O2.CH2O2/c1-17-7-9-42(10-8-17)21-14-24(32)27(25(33)15-21)28(43)40-18(2)11-19-5-4-6-20(12-19)13-22-23(30(34,35)36)16-26(31(37,38)39)41(3)29(22)44;2-1-3/h4-6,12,14-18H,7-11,13H2,1-3H3,(H,40,43);1H,(H,2,3)/t18-;/m1./s1. The molecule has 1 amide bonds. The smallest absolute Gasteiger partial charge is 0.431 e. The molecule has 4 rings (SSSR count). The molecule has 0 aliphatic carbocycles. The SMILES string of the molecule is CC1CCN(c2cc(F)c(C(=O)N[C@H](C)Cc3cccc(Cc4c(C(F)(F)F)cc(C(F)(F)F)n(C)c4=O)c3)c(F)c2)CC1.O=CO. The number of aromatic nitrogens is 1. The van der Waals surface area contributed by atoms with Crippen molar-refractivity contribution in [3.05, 3.63) is 98.0 Å². The van der Waals surface area contributed by atoms with E-state index in [9.17, 15) is 44.7 Å². The molecule has 0 bridgehead atoms. The summed E-state index contributed by atoms with van der Waals surface area (Å²) in [4.78, 5) is 35.7. The lowest BCUT2D eigenvalue weighted by Gasteiger charge is -2.32. The molecule has 1 aromatic heterocycles. The van der Waals surface area contributed by atoms with Gasteiger partial charge in [-0.05, 0) is 61.4 Å². The first-order valence-corrected chi connectivity index (χ1v) is 14.4. The van der Waals surface area contributed by atoms with Crippen LogP contribution < -0.4 is 15.8 Å². The van der Waals surface area contributed by atoms with E-state index < -0.39 is 70.3 Å². The fourth-order valence-electron chi connectivity index (χ4n) is 5.44. The fourth-order valence-corrected chi connectivity index (χ4v) is 5.44. The van der Waals surface area contributed by atoms with E-state index in [0.29, 0.717) is 30.3 Å². The number of carboxylic acid groups (broad SMARTS) is 1. The van der Waals surface area contributed by atoms with Crippen LogP contribution in [0.25, 0.3) is 0 Å². The van der Waals surface area contributed by atoms with E-state index in [1.165, 1.54) is 18.2 Å². The molecule has 0 spiro atoms. The summed E-state index contributed by atoms with van der Waals surface area (Å²) in [6, 6.07) is 7.46. The van der Waals surface area contributed by atoms with Crippen molar-refractivity contribution in [2.24, 2.45) is 13.0 Å². The number of halogens is 8. The van der Waals surface area contributed by atoms with Crippen molar-refractivity contribution >= 4 is 18.1 Å². The molecule has 7 nitrogen and oxygen atoms in total. The van der Waals surface area contributed by atoms with Gasteiger partial charge < -0.3 is 19.9 Å². The number of hydrogen-bond acceptors (Lipinski definition) is 4. The van der Waals surface area contributed by atoms with Gasteiger partial charge in [0.25, 0.3) is 17.9 Å². The summed E-state index contributed by atoms with van der Waals surface area (Å²) in [5.41, 5.74) is -5.35. The number of nitrogens with one attached hydrogen (secondary N) is 1. The molecule has 2 aromatic carbocycles. The number of carbonyl (C=O) groups is 2. The Labute approximate surface area is 264 Å². The number of anilines is 1. The first-order chi connectivity index (χ1) is 21.9. The molecule has 2 heterocycles. The summed E-state index contributed by atoms with van der Waals surface area (Å²) >= 11 is 0. The Morgan fingerprint density at radius 3 is 2.09 bits per heavy atom. The van der Waals surface area contributed by atoms with E-state index in [1.807, 2.05) is 4.90 Å². The van der Waals surface area contributed by atoms with Gasteiger partial charge in [-0.2, -0.15) is 26.3 Å². The maximum atomic E-state index is 14.9. The normalized spacial score (nSPS) is 14.7. The van der Waals surface area contributed by atoms with Gasteiger partial charge in [-0.1, -0.05) is 31.2 Å². The number of piperidine rings is 1. The molecule has 0 unspecified atom stereocenters. The Bertz CT molecular complexity index is 1620. The van der Waals surface area contributed by atoms with Gasteiger partial charge in [-0.25, -0.2) is 8.78 Å². The zero-order chi connectivity index (χ0) is 35.3. The maximum Gasteiger partial charge on any atom is 0.431 e. The topological polar surface area (TPSA) is 91.6 Å². The minimum Gasteiger partial charge on any atom is -0.483 e. The molecular weight excluding hydrogens is 642 g/mol. The van der Waals surface area contributed by atoms with Crippen LogP contribution in [0.1, 0.15) is 65.0 Å². The van der Waals surface area contributed by atoms with Gasteiger partial charge in [0.1, 0.15) is 22.9 Å². The number of benzene rings is 2. The van der Waals surface area contributed by atoms with E-state index in [-0.39, 0.29) is 29.1 Å². The minimum absolute atomic E-state index is 0.0734. The Hall–Kier alpha value is -4.43. The second-order valence-corrected chi connectivity index (χ2v) is 11.4. The number of nitrogens with zero attached hydrogens (tertiary/aromatic N) is 2. The van der Waals surface area contributed by atoms with E-state index in [0.717, 1.165) is 32.0 Å². The van der Waals surface area contributed by atoms with Crippen molar-refractivity contribution in [3.63, 3.8) is 0 Å². The van der Waals surface area contributed by atoms with Gasteiger partial charge in [0.05, 0.1) is 5.56 Å². The molecule has 1 fully saturated rings. The summed E-state index contributed by atoms with van der Waals surface area (Å²) in [6.45, 7) is 4.71. The Kier molecular flexibility index (Phi) is 11.8. The fraction of sp³-hybridized carbons (Fsp3) is 0.406. The van der Waals surface area contributed by atoms with E-state index >= 15 is 0 Å². The highest BCUT2D eigenvalue weighted by atomic mass is 19.4. The van der Waals surface area contributed by atoms with Crippen LogP contribution in [0.4, 0.5) is 40.8 Å². The number of hydrogen-bond donors (Lipinski definition) is 2. The summed E-state index contributed by atoms with van der Waals surface area (Å²) < 4.78 is 111. The predicted octanol–water partition coefficient (Wildman–Crippen LogP) is 6.59. The van der Waals surface area contributed by atoms with Crippen LogP contribution >= 0.6 is 0 Å². The lowest BCUT2D eigenvalue weighted by Crippen LogP contribution is -2.36. The van der Waals surface area contributed by atoms with Crippen molar-refractivity contribution in [2.45, 2.75) is 57.9 Å². The minimum atomic E-state index is -5.21. The predicted molar refractivity (Wildman–Crippen MR) is 157 cm³/mol. The summed E-state index contributed by atoms with van der Waals surface area (Å²) in [6.07, 6.45) is -9.12. The van der Waals surface area contributed by atoms with Gasteiger partial charge in [-0.15, -0.1) is 0 Å². The van der Waals surface area contributed by atoms with Crippen LogP contribution in [-0.4, -0.2) is 41.2 Å². The Balaban J connectivity index is 0.00000192. The zero-order valence-electron chi connectivity index (χ0n) is 25.6. The highest BCUT2D eigenvalue weighted by Crippen LogP contribution is 2.36. The molecule has 47 heavy (non-hydrogen) atoms. The van der Waals surface area contributed by atoms with Crippen LogP contribution in [-0.2, 0) is 37.0 Å². The Morgan fingerprint density at radius 2 is 1.55 bits per heavy atom. The number of rotatable bonds is 7. The molecule has 0 saturated carbocycles. The van der Waals surface area contributed by atoms with Crippen LogP contribution in [0.5, 0.6) is 0 Å². The second-order valence-electron chi connectivity index (χ2n) is 11.4. The molecule has 15 heteroatoms. The highest BCUT2D eigenvalue weighted by Gasteiger charge is 2.41. The molecule has 1 aliphatic heterocycles. The third kappa shape index (κ3) is 9.32. The number of carbonyl (C=O) groups excluding carboxylic acids is 1. The average molecular weight is 676 g/mol. The molecule has 256 valence electrons. The molecule has 3 aromatic rings. The first-order valence-electron chi connectivity index (χ1n) is 14.4. The Morgan fingerprint density at radius 1 is 1.00 bits per heavy atom. The number of alkyl halides is 6. The average Bonchev–Trinajstić information content (AvgIpc) is 2.94. The van der Waals surface area contributed by atoms with E-state index in [2.05, 4.69) is 12.2 Å². The van der Waals surface area contributed by atoms with E-state index in [4.69, 9.17) is 9.90 Å². The van der Waals surface area contributed by atoms with Crippen molar-refractivity contribution < 1.29 is 49.8 Å². The van der Waals surface area contributed by atoms with Gasteiger partial charge in [0.15, 0.2) is 0 Å². The molecule has 0 radical (unpaired) electrons. The van der Waals surface area contributed by atoms with Crippen molar-refractivity contribution in [3.8, 4) is 0 Å². The van der Waals surface area contributed by atoms with Crippen molar-refractivity contribution in [1.82, 2.24) is 9.88 Å². The van der Waals surface area contributed by atoms with Gasteiger partial charge in [-0.3, -0.25) is 14.4 Å². The molecule has 2 N–H and O–H groups in total. The highest BCUT2D eigenvalue weighted by molar-refractivity contribution is 5.95. The van der Waals surface area contributed by atoms with E-state index in [1.54, 1.807) is 13.0 Å². The van der Waals surface area contributed by atoms with Crippen LogP contribution in [0, 0.1) is 17.6 Å². The van der Waals surface area contributed by atoms with Gasteiger partial charge >= 0.3 is 12.4 Å². The lowest BCUT2D eigenvalue weighted by molar-refractivity contribution is -0.148. The maximum absolute atomic E-state index is 14.9. The van der Waals surface area contributed by atoms with Crippen LogP contribution in [0.15, 0.2) is 47.3 Å². The van der Waals surface area contributed by atoms with Crippen LogP contribution in [0.3, 0.4) is 0 Å². The zero-order valence-corrected chi connectivity index (χ0v) is 25.6. The molecule has 1 aliphatic rings. The van der Waals surface area contributed by atoms with Crippen LogP contribution in [0.2, 0.25) is 0 Å². The first kappa shape index (κ1) is 37.0. The largest absolute Gasteiger partial charge is 0.483 e. The summed E-state index contributed by atoms with van der Waals surface area (Å²) in [5.74, 6) is -2.49. The third-order valence-corrected chi connectivity index (χ3v) is 7.82. The monoisotopic (exact) mass is 675 g/mol.